The number of rotatable bonds is 5. The van der Waals surface area contributed by atoms with Gasteiger partial charge in [0, 0.05) is 19.1 Å². The second-order valence-electron chi connectivity index (χ2n) is 6.44. The van der Waals surface area contributed by atoms with Crippen LogP contribution in [-0.4, -0.2) is 38.4 Å². The molecule has 130 valence electrons. The number of hydrogen-bond donors (Lipinski definition) is 1. The molecule has 1 aliphatic carbocycles. The molecule has 1 saturated carbocycles. The molecular formula is C16H24ClFN2O2S. The molecule has 0 spiro atoms. The Morgan fingerprint density at radius 1 is 1.22 bits per heavy atom. The van der Waals surface area contributed by atoms with E-state index in [1.165, 1.54) is 35.3 Å². The van der Waals surface area contributed by atoms with Crippen molar-refractivity contribution in [3.63, 3.8) is 0 Å². The van der Waals surface area contributed by atoms with Crippen LogP contribution >= 0.6 is 12.4 Å². The van der Waals surface area contributed by atoms with Crippen LogP contribution in [0.1, 0.15) is 31.2 Å². The summed E-state index contributed by atoms with van der Waals surface area (Å²) >= 11 is 0. The molecular weight excluding hydrogens is 339 g/mol. The molecule has 1 aliphatic heterocycles. The monoisotopic (exact) mass is 362 g/mol. The number of sulfonamides is 1. The third kappa shape index (κ3) is 4.44. The number of hydrogen-bond acceptors (Lipinski definition) is 3. The fourth-order valence-corrected chi connectivity index (χ4v) is 4.44. The maximum Gasteiger partial charge on any atom is 0.243 e. The van der Waals surface area contributed by atoms with Crippen molar-refractivity contribution >= 4 is 22.4 Å². The number of halogens is 2. The van der Waals surface area contributed by atoms with E-state index in [2.05, 4.69) is 5.32 Å². The fourth-order valence-electron chi connectivity index (χ4n) is 2.88. The number of nitrogens with zero attached hydrogens (tertiary/aromatic N) is 1. The van der Waals surface area contributed by atoms with Gasteiger partial charge in [-0.15, -0.1) is 12.4 Å². The van der Waals surface area contributed by atoms with Crippen LogP contribution in [0.3, 0.4) is 0 Å². The van der Waals surface area contributed by atoms with Gasteiger partial charge in [0.2, 0.25) is 10.0 Å². The molecule has 1 N–H and O–H groups in total. The molecule has 7 heteroatoms. The van der Waals surface area contributed by atoms with Crippen LogP contribution in [0.5, 0.6) is 0 Å². The minimum Gasteiger partial charge on any atom is -0.314 e. The summed E-state index contributed by atoms with van der Waals surface area (Å²) < 4.78 is 40.1. The van der Waals surface area contributed by atoms with Gasteiger partial charge in [-0.2, -0.15) is 4.31 Å². The van der Waals surface area contributed by atoms with E-state index < -0.39 is 10.0 Å². The van der Waals surface area contributed by atoms with Gasteiger partial charge in [0.1, 0.15) is 5.82 Å². The summed E-state index contributed by atoms with van der Waals surface area (Å²) in [5.74, 6) is 0.464. The molecule has 0 aromatic heterocycles. The molecule has 0 unspecified atom stereocenters. The quantitative estimate of drug-likeness (QED) is 0.876. The first-order chi connectivity index (χ1) is 10.5. The molecule has 2 aliphatic rings. The molecule has 3 rings (SSSR count). The maximum atomic E-state index is 13.3. The summed E-state index contributed by atoms with van der Waals surface area (Å²) in [5, 5.41) is 3.54. The Labute approximate surface area is 143 Å². The zero-order valence-electron chi connectivity index (χ0n) is 13.3. The van der Waals surface area contributed by atoms with E-state index in [1.54, 1.807) is 6.92 Å². The average Bonchev–Trinajstić information content (AvgIpc) is 3.32. The zero-order chi connectivity index (χ0) is 15.7. The summed E-state index contributed by atoms with van der Waals surface area (Å²) in [7, 11) is -3.50. The lowest BCUT2D eigenvalue weighted by atomic mass is 10.1. The molecule has 1 saturated heterocycles. The highest BCUT2D eigenvalue weighted by molar-refractivity contribution is 7.89. The summed E-state index contributed by atoms with van der Waals surface area (Å²) in [6.07, 6.45) is 4.33. The van der Waals surface area contributed by atoms with Gasteiger partial charge in [-0.05, 0) is 68.8 Å². The van der Waals surface area contributed by atoms with Crippen molar-refractivity contribution in [2.24, 2.45) is 5.92 Å². The number of aryl methyl sites for hydroxylation is 1. The van der Waals surface area contributed by atoms with Gasteiger partial charge < -0.3 is 5.32 Å². The zero-order valence-corrected chi connectivity index (χ0v) is 14.9. The first-order valence-corrected chi connectivity index (χ1v) is 9.40. The summed E-state index contributed by atoms with van der Waals surface area (Å²) in [6, 6.07) is 4.42. The Bertz CT molecular complexity index is 641. The first kappa shape index (κ1) is 18.6. The third-order valence-electron chi connectivity index (χ3n) is 4.61. The lowest BCUT2D eigenvalue weighted by Crippen LogP contribution is -2.45. The minimum absolute atomic E-state index is 0. The predicted octanol–water partition coefficient (Wildman–Crippen LogP) is 2.71. The molecule has 0 atom stereocenters. The van der Waals surface area contributed by atoms with Crippen LogP contribution in [-0.2, 0) is 10.0 Å². The van der Waals surface area contributed by atoms with E-state index in [9.17, 15) is 12.8 Å². The summed E-state index contributed by atoms with van der Waals surface area (Å²) in [5.41, 5.74) is 0.363. The molecule has 1 aromatic carbocycles. The van der Waals surface area contributed by atoms with E-state index in [4.69, 9.17) is 0 Å². The molecule has 0 amide bonds. The normalized spacial score (nSPS) is 20.3. The summed E-state index contributed by atoms with van der Waals surface area (Å²) in [6.45, 7) is 3.71. The van der Waals surface area contributed by atoms with E-state index in [-0.39, 0.29) is 23.1 Å². The maximum absolute atomic E-state index is 13.3. The van der Waals surface area contributed by atoms with E-state index >= 15 is 0 Å². The second-order valence-corrected chi connectivity index (χ2v) is 8.38. The number of nitrogens with one attached hydrogen (secondary N) is 1. The van der Waals surface area contributed by atoms with Crippen molar-refractivity contribution in [3.8, 4) is 0 Å². The van der Waals surface area contributed by atoms with E-state index in [0.717, 1.165) is 25.3 Å². The lowest BCUT2D eigenvalue weighted by Gasteiger charge is -2.31. The van der Waals surface area contributed by atoms with Gasteiger partial charge in [-0.1, -0.05) is 0 Å². The SMILES string of the molecule is Cc1cc(S(=O)(=O)N2CCC(NCC3CC3)CC2)ccc1F.Cl. The van der Waals surface area contributed by atoms with Gasteiger partial charge >= 0.3 is 0 Å². The van der Waals surface area contributed by atoms with Gasteiger partial charge in [0.05, 0.1) is 4.90 Å². The smallest absolute Gasteiger partial charge is 0.243 e. The standard InChI is InChI=1S/C16H23FN2O2S.ClH/c1-12-10-15(4-5-16(12)17)22(20,21)19-8-6-14(7-9-19)18-11-13-2-3-13;/h4-5,10,13-14,18H,2-3,6-9,11H2,1H3;1H. The molecule has 0 bridgehead atoms. The largest absolute Gasteiger partial charge is 0.314 e. The van der Waals surface area contributed by atoms with Gasteiger partial charge in [0.25, 0.3) is 0 Å². The highest BCUT2D eigenvalue weighted by Gasteiger charge is 2.30. The molecule has 1 aromatic rings. The first-order valence-electron chi connectivity index (χ1n) is 7.96. The number of piperidine rings is 1. The van der Waals surface area contributed by atoms with E-state index in [0.29, 0.717) is 24.7 Å². The number of benzene rings is 1. The minimum atomic E-state index is -3.50. The molecule has 4 nitrogen and oxygen atoms in total. The van der Waals surface area contributed by atoms with Gasteiger partial charge in [-0.25, -0.2) is 12.8 Å². The highest BCUT2D eigenvalue weighted by atomic mass is 35.5. The van der Waals surface area contributed by atoms with Crippen LogP contribution in [0.2, 0.25) is 0 Å². The Balaban J connectivity index is 0.00000192. The topological polar surface area (TPSA) is 49.4 Å². The molecule has 2 fully saturated rings. The lowest BCUT2D eigenvalue weighted by molar-refractivity contribution is 0.288. The van der Waals surface area contributed by atoms with Crippen LogP contribution in [0.15, 0.2) is 23.1 Å². The Kier molecular flexibility index (Phi) is 6.05. The van der Waals surface area contributed by atoms with E-state index in [1.807, 2.05) is 0 Å². The van der Waals surface area contributed by atoms with Crippen LogP contribution in [0.25, 0.3) is 0 Å². The highest BCUT2D eigenvalue weighted by Crippen LogP contribution is 2.28. The van der Waals surface area contributed by atoms with Crippen LogP contribution in [0.4, 0.5) is 4.39 Å². The molecule has 0 radical (unpaired) electrons. The van der Waals surface area contributed by atoms with Crippen LogP contribution in [0, 0.1) is 18.7 Å². The Hall–Kier alpha value is -0.690. The Morgan fingerprint density at radius 3 is 2.43 bits per heavy atom. The summed E-state index contributed by atoms with van der Waals surface area (Å²) in [4.78, 5) is 0.191. The molecule has 23 heavy (non-hydrogen) atoms. The van der Waals surface area contributed by atoms with Gasteiger partial charge in [-0.3, -0.25) is 0 Å². The average molecular weight is 363 g/mol. The Morgan fingerprint density at radius 2 is 1.87 bits per heavy atom. The molecule has 1 heterocycles. The predicted molar refractivity (Wildman–Crippen MR) is 90.9 cm³/mol. The van der Waals surface area contributed by atoms with Crippen molar-refractivity contribution in [1.82, 2.24) is 9.62 Å². The van der Waals surface area contributed by atoms with Crippen molar-refractivity contribution in [1.29, 1.82) is 0 Å². The van der Waals surface area contributed by atoms with Crippen LogP contribution < -0.4 is 5.32 Å². The second kappa shape index (κ2) is 7.47. The van der Waals surface area contributed by atoms with Crippen molar-refractivity contribution in [3.05, 3.63) is 29.6 Å². The van der Waals surface area contributed by atoms with Crippen molar-refractivity contribution in [2.45, 2.75) is 43.5 Å². The third-order valence-corrected chi connectivity index (χ3v) is 6.51. The van der Waals surface area contributed by atoms with Crippen molar-refractivity contribution in [2.75, 3.05) is 19.6 Å². The van der Waals surface area contributed by atoms with Crippen molar-refractivity contribution < 1.29 is 12.8 Å². The van der Waals surface area contributed by atoms with Gasteiger partial charge in [0.15, 0.2) is 0 Å². The fraction of sp³-hybridized carbons (Fsp3) is 0.625.